The van der Waals surface area contributed by atoms with Crippen molar-refractivity contribution >= 4 is 47.4 Å². The molecular weight excluding hydrogens is 493 g/mol. The molecule has 1 saturated heterocycles. The fourth-order valence-corrected chi connectivity index (χ4v) is 5.01. The standard InChI is InChI=1S/C22H37N5S.HI/c1-23-22(25-19-10-11-21(18-19)28-2)24-12-6-7-13-26-14-16-27(17-15-26)20-8-4-3-5-9-20;/h3-5,8-9,19,21H,6-7,10-18H2,1-2H3,(H2,23,24,25);1H. The average Bonchev–Trinajstić information content (AvgIpc) is 3.21. The quantitative estimate of drug-likeness (QED) is 0.232. The summed E-state index contributed by atoms with van der Waals surface area (Å²) in [6, 6.07) is 11.4. The third kappa shape index (κ3) is 8.17. The third-order valence-electron chi connectivity index (χ3n) is 5.97. The van der Waals surface area contributed by atoms with E-state index in [9.17, 15) is 0 Å². The SMILES string of the molecule is CN=C(NCCCCN1CCN(c2ccccc2)CC1)NC1CCC(SC)C1.I. The molecule has 7 heteroatoms. The summed E-state index contributed by atoms with van der Waals surface area (Å²) in [6.07, 6.45) is 8.51. The van der Waals surface area contributed by atoms with Gasteiger partial charge in [-0.15, -0.1) is 24.0 Å². The van der Waals surface area contributed by atoms with Crippen LogP contribution in [0.1, 0.15) is 32.1 Å². The number of unbranched alkanes of at least 4 members (excludes halogenated alkanes) is 1. The highest BCUT2D eigenvalue weighted by Gasteiger charge is 2.24. The van der Waals surface area contributed by atoms with Gasteiger partial charge in [0.15, 0.2) is 5.96 Å². The number of halogens is 1. The minimum absolute atomic E-state index is 0. The summed E-state index contributed by atoms with van der Waals surface area (Å²) in [5.41, 5.74) is 1.36. The number of rotatable bonds is 8. The molecule has 2 fully saturated rings. The van der Waals surface area contributed by atoms with Gasteiger partial charge in [0, 0.05) is 56.8 Å². The number of benzene rings is 1. The van der Waals surface area contributed by atoms with Crippen LogP contribution in [0.25, 0.3) is 0 Å². The van der Waals surface area contributed by atoms with Gasteiger partial charge in [0.2, 0.25) is 0 Å². The Bertz CT molecular complexity index is 592. The zero-order valence-corrected chi connectivity index (χ0v) is 21.1. The first-order valence-corrected chi connectivity index (χ1v) is 12.1. The Morgan fingerprint density at radius 3 is 2.52 bits per heavy atom. The lowest BCUT2D eigenvalue weighted by molar-refractivity contribution is 0.253. The molecule has 29 heavy (non-hydrogen) atoms. The molecule has 0 spiro atoms. The molecule has 1 aromatic carbocycles. The summed E-state index contributed by atoms with van der Waals surface area (Å²) >= 11 is 2.00. The molecule has 0 bridgehead atoms. The van der Waals surface area contributed by atoms with Crippen LogP contribution in [0.3, 0.4) is 0 Å². The van der Waals surface area contributed by atoms with Crippen molar-refractivity contribution in [2.45, 2.75) is 43.4 Å². The van der Waals surface area contributed by atoms with Crippen LogP contribution >= 0.6 is 35.7 Å². The van der Waals surface area contributed by atoms with E-state index in [0.717, 1.165) is 30.8 Å². The second kappa shape index (κ2) is 13.6. The van der Waals surface area contributed by atoms with E-state index < -0.39 is 0 Å². The maximum Gasteiger partial charge on any atom is 0.191 e. The summed E-state index contributed by atoms with van der Waals surface area (Å²) in [7, 11) is 1.88. The van der Waals surface area contributed by atoms with E-state index in [4.69, 9.17) is 0 Å². The number of nitrogens with one attached hydrogen (secondary N) is 2. The second-order valence-electron chi connectivity index (χ2n) is 7.88. The topological polar surface area (TPSA) is 42.9 Å². The summed E-state index contributed by atoms with van der Waals surface area (Å²) in [5.74, 6) is 0.975. The first kappa shape index (κ1) is 24.6. The Morgan fingerprint density at radius 2 is 1.86 bits per heavy atom. The van der Waals surface area contributed by atoms with Gasteiger partial charge in [-0.1, -0.05) is 18.2 Å². The largest absolute Gasteiger partial charge is 0.369 e. The van der Waals surface area contributed by atoms with Gasteiger partial charge < -0.3 is 15.5 Å². The van der Waals surface area contributed by atoms with E-state index in [2.05, 4.69) is 62.0 Å². The Balaban J connectivity index is 0.00000300. The van der Waals surface area contributed by atoms with Gasteiger partial charge in [0.1, 0.15) is 0 Å². The van der Waals surface area contributed by atoms with Crippen molar-refractivity contribution in [3.63, 3.8) is 0 Å². The van der Waals surface area contributed by atoms with Crippen molar-refractivity contribution in [2.75, 3.05) is 57.5 Å². The van der Waals surface area contributed by atoms with E-state index in [1.165, 1.54) is 57.4 Å². The molecule has 164 valence electrons. The molecule has 0 amide bonds. The molecule has 2 N–H and O–H groups in total. The highest BCUT2D eigenvalue weighted by atomic mass is 127. The Hall–Kier alpha value is -0.670. The number of piperazine rings is 1. The molecule has 2 aliphatic rings. The minimum atomic E-state index is 0. The molecule has 1 aromatic rings. The molecule has 2 unspecified atom stereocenters. The Morgan fingerprint density at radius 1 is 1.10 bits per heavy atom. The van der Waals surface area contributed by atoms with Crippen LogP contribution < -0.4 is 15.5 Å². The van der Waals surface area contributed by atoms with Crippen LogP contribution in [-0.4, -0.2) is 74.7 Å². The van der Waals surface area contributed by atoms with Gasteiger partial charge in [-0.2, -0.15) is 11.8 Å². The predicted octanol–water partition coefficient (Wildman–Crippen LogP) is 3.66. The van der Waals surface area contributed by atoms with Gasteiger partial charge in [0.05, 0.1) is 0 Å². The number of guanidine groups is 1. The zero-order chi connectivity index (χ0) is 19.6. The van der Waals surface area contributed by atoms with Gasteiger partial charge in [0.25, 0.3) is 0 Å². The van der Waals surface area contributed by atoms with E-state index in [1.54, 1.807) is 0 Å². The predicted molar refractivity (Wildman–Crippen MR) is 139 cm³/mol. The summed E-state index contributed by atoms with van der Waals surface area (Å²) in [4.78, 5) is 9.50. The monoisotopic (exact) mass is 531 g/mol. The first-order chi connectivity index (χ1) is 13.8. The normalized spacial score (nSPS) is 23.0. The zero-order valence-electron chi connectivity index (χ0n) is 18.0. The minimum Gasteiger partial charge on any atom is -0.369 e. The van der Waals surface area contributed by atoms with E-state index in [-0.39, 0.29) is 24.0 Å². The molecule has 0 radical (unpaired) electrons. The fraction of sp³-hybridized carbons (Fsp3) is 0.682. The Labute approximate surface area is 198 Å². The van der Waals surface area contributed by atoms with Crippen molar-refractivity contribution in [1.82, 2.24) is 15.5 Å². The first-order valence-electron chi connectivity index (χ1n) is 10.8. The fourth-order valence-electron chi connectivity index (χ4n) is 4.21. The van der Waals surface area contributed by atoms with Crippen molar-refractivity contribution < 1.29 is 0 Å². The van der Waals surface area contributed by atoms with E-state index in [1.807, 2.05) is 18.8 Å². The lowest BCUT2D eigenvalue weighted by atomic mass is 10.2. The van der Waals surface area contributed by atoms with Crippen molar-refractivity contribution in [2.24, 2.45) is 4.99 Å². The van der Waals surface area contributed by atoms with Crippen LogP contribution in [0.2, 0.25) is 0 Å². The highest BCUT2D eigenvalue weighted by molar-refractivity contribution is 14.0. The molecule has 2 atom stereocenters. The molecule has 1 heterocycles. The van der Waals surface area contributed by atoms with Crippen molar-refractivity contribution in [3.8, 4) is 0 Å². The molecule has 1 aliphatic carbocycles. The maximum atomic E-state index is 4.40. The summed E-state index contributed by atoms with van der Waals surface area (Å²) in [6.45, 7) is 6.82. The number of para-hydroxylation sites is 1. The van der Waals surface area contributed by atoms with Crippen LogP contribution in [0.15, 0.2) is 35.3 Å². The molecule has 1 aliphatic heterocycles. The van der Waals surface area contributed by atoms with Gasteiger partial charge in [-0.3, -0.25) is 9.89 Å². The maximum absolute atomic E-state index is 4.40. The van der Waals surface area contributed by atoms with Crippen molar-refractivity contribution in [3.05, 3.63) is 30.3 Å². The number of hydrogen-bond acceptors (Lipinski definition) is 4. The second-order valence-corrected chi connectivity index (χ2v) is 9.02. The van der Waals surface area contributed by atoms with E-state index >= 15 is 0 Å². The number of anilines is 1. The van der Waals surface area contributed by atoms with Crippen molar-refractivity contribution in [1.29, 1.82) is 0 Å². The lowest BCUT2D eigenvalue weighted by Gasteiger charge is -2.36. The number of nitrogens with zero attached hydrogens (tertiary/aromatic N) is 3. The lowest BCUT2D eigenvalue weighted by Crippen LogP contribution is -2.46. The molecule has 1 saturated carbocycles. The number of thioether (sulfide) groups is 1. The van der Waals surface area contributed by atoms with Crippen LogP contribution in [0.4, 0.5) is 5.69 Å². The van der Waals surface area contributed by atoms with Gasteiger partial charge >= 0.3 is 0 Å². The molecule has 5 nitrogen and oxygen atoms in total. The van der Waals surface area contributed by atoms with Crippen LogP contribution in [0, 0.1) is 0 Å². The smallest absolute Gasteiger partial charge is 0.191 e. The van der Waals surface area contributed by atoms with Gasteiger partial charge in [-0.05, 0) is 57.0 Å². The molecular formula is C22H38IN5S. The van der Waals surface area contributed by atoms with Crippen LogP contribution in [-0.2, 0) is 0 Å². The molecule has 3 rings (SSSR count). The highest BCUT2D eigenvalue weighted by Crippen LogP contribution is 2.28. The summed E-state index contributed by atoms with van der Waals surface area (Å²) < 4.78 is 0. The number of aliphatic imine (C=N–C) groups is 1. The average molecular weight is 532 g/mol. The Kier molecular flexibility index (Phi) is 11.5. The summed E-state index contributed by atoms with van der Waals surface area (Å²) in [5, 5.41) is 7.92. The molecule has 0 aromatic heterocycles. The van der Waals surface area contributed by atoms with Crippen LogP contribution in [0.5, 0.6) is 0 Å². The van der Waals surface area contributed by atoms with E-state index in [0.29, 0.717) is 6.04 Å². The number of hydrogen-bond donors (Lipinski definition) is 2. The third-order valence-corrected chi connectivity index (χ3v) is 7.06. The van der Waals surface area contributed by atoms with Gasteiger partial charge in [-0.25, -0.2) is 0 Å².